The molecule has 0 radical (unpaired) electrons. The summed E-state index contributed by atoms with van der Waals surface area (Å²) in [5, 5.41) is 23.2. The molecule has 1 amide bonds. The number of ether oxygens (including phenoxy) is 1. The molecule has 196 valence electrons. The molecule has 0 heterocycles. The average Bonchev–Trinajstić information content (AvgIpc) is 2.88. The lowest BCUT2D eigenvalue weighted by Gasteiger charge is -2.12. The second kappa shape index (κ2) is 11.0. The standard InChI is InChI=1S/C26H21Cl2N3O6S/c1-3-14-11-22(23(13-19(14)27)38(34,35)36)30-31-24-17-7-5-4-6-15(17)10-18(25(24)32)26(33)29-21-9-8-16(37-2)12-20(21)28/h4-13,32H,3H2,1-2H3,(H,29,33)(H,34,35,36). The van der Waals surface area contributed by atoms with E-state index in [2.05, 4.69) is 15.5 Å². The van der Waals surface area contributed by atoms with Gasteiger partial charge in [-0.05, 0) is 47.7 Å². The van der Waals surface area contributed by atoms with Gasteiger partial charge in [0.05, 0.1) is 23.4 Å². The molecule has 0 saturated carbocycles. The molecule has 3 N–H and O–H groups in total. The van der Waals surface area contributed by atoms with Gasteiger partial charge in [-0.15, -0.1) is 10.2 Å². The van der Waals surface area contributed by atoms with E-state index in [1.165, 1.54) is 25.3 Å². The Morgan fingerprint density at radius 3 is 2.42 bits per heavy atom. The summed E-state index contributed by atoms with van der Waals surface area (Å²) in [7, 11) is -3.20. The highest BCUT2D eigenvalue weighted by Crippen LogP contribution is 2.41. The Morgan fingerprint density at radius 2 is 1.76 bits per heavy atom. The molecule has 0 bridgehead atoms. The number of carbonyl (C=O) groups is 1. The van der Waals surface area contributed by atoms with Crippen LogP contribution in [0.5, 0.6) is 11.5 Å². The lowest BCUT2D eigenvalue weighted by Crippen LogP contribution is -2.12. The molecule has 0 saturated heterocycles. The third-order valence-electron chi connectivity index (χ3n) is 5.71. The predicted molar refractivity (Wildman–Crippen MR) is 146 cm³/mol. The first-order valence-electron chi connectivity index (χ1n) is 11.1. The number of carbonyl (C=O) groups excluding carboxylic acids is 1. The molecule has 38 heavy (non-hydrogen) atoms. The molecule has 4 aromatic rings. The topological polar surface area (TPSA) is 138 Å². The SMILES string of the molecule is CCc1cc(N=Nc2c(O)c(C(=O)Nc3ccc(OC)cc3Cl)cc3ccccc23)c(S(=O)(=O)O)cc1Cl. The number of halogens is 2. The minimum absolute atomic E-state index is 0.0802. The van der Waals surface area contributed by atoms with Crippen LogP contribution in [0.4, 0.5) is 17.1 Å². The molecule has 4 aromatic carbocycles. The van der Waals surface area contributed by atoms with E-state index in [4.69, 9.17) is 27.9 Å². The van der Waals surface area contributed by atoms with Crippen LogP contribution in [0.15, 0.2) is 75.8 Å². The molecule has 0 unspecified atom stereocenters. The van der Waals surface area contributed by atoms with Crippen molar-refractivity contribution < 1.29 is 27.6 Å². The van der Waals surface area contributed by atoms with Crippen LogP contribution in [-0.2, 0) is 16.5 Å². The number of nitrogens with zero attached hydrogens (tertiary/aromatic N) is 2. The molecular weight excluding hydrogens is 553 g/mol. The van der Waals surface area contributed by atoms with E-state index in [0.29, 0.717) is 34.2 Å². The van der Waals surface area contributed by atoms with Crippen molar-refractivity contribution in [2.45, 2.75) is 18.2 Å². The Kier molecular flexibility index (Phi) is 7.89. The second-order valence-corrected chi connectivity index (χ2v) is 10.3. The molecule has 0 fully saturated rings. The van der Waals surface area contributed by atoms with Crippen LogP contribution in [0.25, 0.3) is 10.8 Å². The molecule has 4 rings (SSSR count). The highest BCUT2D eigenvalue weighted by Gasteiger charge is 2.21. The third-order valence-corrected chi connectivity index (χ3v) is 7.26. The lowest BCUT2D eigenvalue weighted by molar-refractivity contribution is 0.102. The fourth-order valence-corrected chi connectivity index (χ4v) is 4.96. The first kappa shape index (κ1) is 27.3. The number of amides is 1. The number of rotatable bonds is 7. The van der Waals surface area contributed by atoms with Gasteiger partial charge in [0.1, 0.15) is 22.0 Å². The highest BCUT2D eigenvalue weighted by atomic mass is 35.5. The maximum absolute atomic E-state index is 13.2. The van der Waals surface area contributed by atoms with Crippen molar-refractivity contribution in [3.8, 4) is 11.5 Å². The van der Waals surface area contributed by atoms with Gasteiger partial charge < -0.3 is 15.2 Å². The Balaban J connectivity index is 1.83. The zero-order valence-corrected chi connectivity index (χ0v) is 22.4. The number of anilines is 1. The number of fused-ring (bicyclic) bond motifs is 1. The van der Waals surface area contributed by atoms with E-state index in [0.717, 1.165) is 6.07 Å². The number of phenols is 1. The summed E-state index contributed by atoms with van der Waals surface area (Å²) in [4.78, 5) is 12.6. The maximum Gasteiger partial charge on any atom is 0.296 e. The zero-order chi connectivity index (χ0) is 27.6. The number of hydrogen-bond acceptors (Lipinski definition) is 7. The van der Waals surface area contributed by atoms with Crippen molar-refractivity contribution >= 4 is 67.1 Å². The van der Waals surface area contributed by atoms with Crippen molar-refractivity contribution in [3.63, 3.8) is 0 Å². The first-order valence-corrected chi connectivity index (χ1v) is 13.3. The molecular formula is C26H21Cl2N3O6S. The van der Waals surface area contributed by atoms with Crippen molar-refractivity contribution in [2.75, 3.05) is 12.4 Å². The van der Waals surface area contributed by atoms with Gasteiger partial charge in [0.25, 0.3) is 16.0 Å². The Hall–Kier alpha value is -3.70. The summed E-state index contributed by atoms with van der Waals surface area (Å²) in [6, 6.07) is 15.5. The van der Waals surface area contributed by atoms with Gasteiger partial charge in [0.15, 0.2) is 5.75 Å². The largest absolute Gasteiger partial charge is 0.505 e. The summed E-state index contributed by atoms with van der Waals surface area (Å²) in [6.07, 6.45) is 0.463. The number of aryl methyl sites for hydroxylation is 1. The van der Waals surface area contributed by atoms with Gasteiger partial charge in [-0.1, -0.05) is 54.4 Å². The number of nitrogens with one attached hydrogen (secondary N) is 1. The first-order chi connectivity index (χ1) is 18.0. The maximum atomic E-state index is 13.2. The van der Waals surface area contributed by atoms with Crippen molar-refractivity contribution in [3.05, 3.63) is 81.8 Å². The number of methoxy groups -OCH3 is 1. The Bertz CT molecular complexity index is 1710. The van der Waals surface area contributed by atoms with Crippen LogP contribution in [0.1, 0.15) is 22.8 Å². The van der Waals surface area contributed by atoms with Crippen LogP contribution < -0.4 is 10.1 Å². The van der Waals surface area contributed by atoms with Gasteiger partial charge in [0, 0.05) is 16.5 Å². The van der Waals surface area contributed by atoms with E-state index < -0.39 is 26.7 Å². The van der Waals surface area contributed by atoms with Gasteiger partial charge in [-0.25, -0.2) is 0 Å². The Labute approximate surface area is 228 Å². The molecule has 0 aliphatic rings. The number of hydrogen-bond donors (Lipinski definition) is 3. The van der Waals surface area contributed by atoms with Crippen molar-refractivity contribution in [1.29, 1.82) is 0 Å². The summed E-state index contributed by atoms with van der Waals surface area (Å²) >= 11 is 12.4. The van der Waals surface area contributed by atoms with Crippen LogP contribution >= 0.6 is 23.2 Å². The van der Waals surface area contributed by atoms with E-state index in [9.17, 15) is 22.9 Å². The minimum atomic E-state index is -4.69. The quantitative estimate of drug-likeness (QED) is 0.156. The van der Waals surface area contributed by atoms with Crippen LogP contribution in [0, 0.1) is 0 Å². The van der Waals surface area contributed by atoms with E-state index in [-0.39, 0.29) is 27.0 Å². The van der Waals surface area contributed by atoms with E-state index >= 15 is 0 Å². The predicted octanol–water partition coefficient (Wildman–Crippen LogP) is 7.34. The normalized spacial score (nSPS) is 11.7. The van der Waals surface area contributed by atoms with Crippen molar-refractivity contribution in [1.82, 2.24) is 0 Å². The second-order valence-electron chi connectivity index (χ2n) is 8.08. The summed E-state index contributed by atoms with van der Waals surface area (Å²) in [5.41, 5.74) is 0.483. The smallest absolute Gasteiger partial charge is 0.296 e. The lowest BCUT2D eigenvalue weighted by atomic mass is 10.0. The highest BCUT2D eigenvalue weighted by molar-refractivity contribution is 7.86. The van der Waals surface area contributed by atoms with E-state index in [1.807, 2.05) is 6.92 Å². The Morgan fingerprint density at radius 1 is 1.03 bits per heavy atom. The molecule has 0 atom stereocenters. The average molecular weight is 574 g/mol. The van der Waals surface area contributed by atoms with Crippen LogP contribution in [-0.4, -0.2) is 31.1 Å². The summed E-state index contributed by atoms with van der Waals surface area (Å²) < 4.78 is 38.7. The molecule has 9 nitrogen and oxygen atoms in total. The minimum Gasteiger partial charge on any atom is -0.505 e. The molecule has 12 heteroatoms. The fraction of sp³-hybridized carbons (Fsp3) is 0.115. The number of phenolic OH excluding ortho intramolecular Hbond substituents is 1. The molecule has 0 spiro atoms. The van der Waals surface area contributed by atoms with Crippen LogP contribution in [0.3, 0.4) is 0 Å². The number of aromatic hydroxyl groups is 1. The van der Waals surface area contributed by atoms with E-state index in [1.54, 1.807) is 36.4 Å². The van der Waals surface area contributed by atoms with Crippen LogP contribution in [0.2, 0.25) is 10.0 Å². The monoisotopic (exact) mass is 573 g/mol. The summed E-state index contributed by atoms with van der Waals surface area (Å²) in [5.74, 6) is -0.662. The molecule has 0 aromatic heterocycles. The van der Waals surface area contributed by atoms with Gasteiger partial charge in [-0.3, -0.25) is 9.35 Å². The number of azo groups is 1. The fourth-order valence-electron chi connectivity index (χ4n) is 3.75. The van der Waals surface area contributed by atoms with Crippen molar-refractivity contribution in [2.24, 2.45) is 10.2 Å². The van der Waals surface area contributed by atoms with Gasteiger partial charge in [0.2, 0.25) is 0 Å². The summed E-state index contributed by atoms with van der Waals surface area (Å²) in [6.45, 7) is 1.81. The molecule has 0 aliphatic heterocycles. The van der Waals surface area contributed by atoms with Gasteiger partial charge >= 0.3 is 0 Å². The molecule has 0 aliphatic carbocycles. The zero-order valence-electron chi connectivity index (χ0n) is 20.1. The number of benzene rings is 4. The van der Waals surface area contributed by atoms with Gasteiger partial charge in [-0.2, -0.15) is 8.42 Å². The third kappa shape index (κ3) is 5.58.